The number of carboxylic acids is 1. The van der Waals surface area contributed by atoms with Crippen LogP contribution in [0.2, 0.25) is 0 Å². The van der Waals surface area contributed by atoms with Gasteiger partial charge in [-0.15, -0.1) is 0 Å². The molecule has 0 saturated heterocycles. The number of aryl methyl sites for hydroxylation is 2. The third kappa shape index (κ3) is 2.79. The Labute approximate surface area is 89.3 Å². The van der Waals surface area contributed by atoms with Crippen LogP contribution in [0.4, 0.5) is 0 Å². The first-order valence-electron chi connectivity index (χ1n) is 4.80. The van der Waals surface area contributed by atoms with Gasteiger partial charge in [0.05, 0.1) is 23.9 Å². The molecule has 0 aliphatic rings. The Balaban J connectivity index is 2.98. The normalized spacial score (nSPS) is 13.1. The molecule has 0 amide bonds. The lowest BCUT2D eigenvalue weighted by molar-refractivity contribution is -0.138. The molecule has 1 aromatic heterocycles. The molecular formula is C10H17N3O2. The fourth-order valence-corrected chi connectivity index (χ4v) is 1.66. The van der Waals surface area contributed by atoms with Gasteiger partial charge in [-0.2, -0.15) is 5.10 Å². The Morgan fingerprint density at radius 3 is 2.60 bits per heavy atom. The predicted octanol–water partition coefficient (Wildman–Crippen LogP) is 0.806. The zero-order valence-electron chi connectivity index (χ0n) is 9.56. The molecule has 5 heteroatoms. The minimum Gasteiger partial charge on any atom is -0.481 e. The van der Waals surface area contributed by atoms with Crippen LogP contribution in [-0.4, -0.2) is 39.9 Å². The molecule has 0 spiro atoms. The monoisotopic (exact) mass is 211 g/mol. The standard InChI is InChI=1S/C10H17N3O2/c1-7-5-9(13(4)11-7)8(12(2)3)6-10(14)15/h5,8H,6H2,1-4H3,(H,14,15). The summed E-state index contributed by atoms with van der Waals surface area (Å²) in [5.74, 6) is -0.799. The Morgan fingerprint density at radius 1 is 1.67 bits per heavy atom. The van der Waals surface area contributed by atoms with Gasteiger partial charge in [0.25, 0.3) is 0 Å². The van der Waals surface area contributed by atoms with Crippen molar-refractivity contribution in [2.45, 2.75) is 19.4 Å². The van der Waals surface area contributed by atoms with Gasteiger partial charge in [0.2, 0.25) is 0 Å². The molecular weight excluding hydrogens is 194 g/mol. The molecule has 1 N–H and O–H groups in total. The maximum atomic E-state index is 10.7. The summed E-state index contributed by atoms with van der Waals surface area (Å²) in [5.41, 5.74) is 1.84. The van der Waals surface area contributed by atoms with E-state index in [-0.39, 0.29) is 12.5 Å². The number of hydrogen-bond acceptors (Lipinski definition) is 3. The first-order valence-corrected chi connectivity index (χ1v) is 4.80. The highest BCUT2D eigenvalue weighted by molar-refractivity contribution is 5.67. The second-order valence-electron chi connectivity index (χ2n) is 3.91. The zero-order valence-corrected chi connectivity index (χ0v) is 9.56. The van der Waals surface area contributed by atoms with E-state index in [4.69, 9.17) is 5.11 Å². The fourth-order valence-electron chi connectivity index (χ4n) is 1.66. The van der Waals surface area contributed by atoms with Gasteiger partial charge in [-0.1, -0.05) is 0 Å². The molecule has 1 aromatic rings. The minimum absolute atomic E-state index is 0.0893. The van der Waals surface area contributed by atoms with Gasteiger partial charge >= 0.3 is 5.97 Å². The molecule has 1 atom stereocenters. The van der Waals surface area contributed by atoms with Crippen LogP contribution >= 0.6 is 0 Å². The van der Waals surface area contributed by atoms with E-state index in [0.29, 0.717) is 0 Å². The Kier molecular flexibility index (Phi) is 3.47. The van der Waals surface area contributed by atoms with Gasteiger partial charge in [0, 0.05) is 7.05 Å². The molecule has 1 unspecified atom stereocenters. The van der Waals surface area contributed by atoms with E-state index in [1.165, 1.54) is 0 Å². The van der Waals surface area contributed by atoms with E-state index in [1.54, 1.807) is 4.68 Å². The number of carboxylic acid groups (broad SMARTS) is 1. The maximum Gasteiger partial charge on any atom is 0.305 e. The summed E-state index contributed by atoms with van der Waals surface area (Å²) < 4.78 is 1.74. The lowest BCUT2D eigenvalue weighted by Gasteiger charge is -2.22. The molecule has 0 radical (unpaired) electrons. The Hall–Kier alpha value is -1.36. The number of aromatic nitrogens is 2. The first kappa shape index (κ1) is 11.7. The van der Waals surface area contributed by atoms with E-state index in [0.717, 1.165) is 11.4 Å². The van der Waals surface area contributed by atoms with Crippen LogP contribution in [0.1, 0.15) is 23.9 Å². The van der Waals surface area contributed by atoms with E-state index in [9.17, 15) is 4.79 Å². The van der Waals surface area contributed by atoms with E-state index in [2.05, 4.69) is 5.10 Å². The highest BCUT2D eigenvalue weighted by Gasteiger charge is 2.21. The van der Waals surface area contributed by atoms with Gasteiger partial charge in [0.15, 0.2) is 0 Å². The Bertz CT molecular complexity index is 358. The van der Waals surface area contributed by atoms with Gasteiger partial charge in [-0.3, -0.25) is 9.48 Å². The molecule has 0 aliphatic carbocycles. The third-order valence-corrected chi connectivity index (χ3v) is 2.37. The quantitative estimate of drug-likeness (QED) is 0.800. The summed E-state index contributed by atoms with van der Waals surface area (Å²) in [4.78, 5) is 12.6. The second-order valence-corrected chi connectivity index (χ2v) is 3.91. The highest BCUT2D eigenvalue weighted by atomic mass is 16.4. The number of hydrogen-bond donors (Lipinski definition) is 1. The van der Waals surface area contributed by atoms with Crippen molar-refractivity contribution in [2.24, 2.45) is 7.05 Å². The van der Waals surface area contributed by atoms with Gasteiger partial charge < -0.3 is 10.0 Å². The van der Waals surface area contributed by atoms with Gasteiger partial charge in [-0.05, 0) is 27.1 Å². The molecule has 84 valence electrons. The largest absolute Gasteiger partial charge is 0.481 e. The fraction of sp³-hybridized carbons (Fsp3) is 0.600. The van der Waals surface area contributed by atoms with Crippen molar-refractivity contribution in [1.82, 2.24) is 14.7 Å². The lowest BCUT2D eigenvalue weighted by Crippen LogP contribution is -2.24. The van der Waals surface area contributed by atoms with E-state index in [1.807, 2.05) is 39.0 Å². The average molecular weight is 211 g/mol. The van der Waals surface area contributed by atoms with Crippen molar-refractivity contribution in [3.05, 3.63) is 17.5 Å². The van der Waals surface area contributed by atoms with Crippen molar-refractivity contribution in [3.8, 4) is 0 Å². The van der Waals surface area contributed by atoms with Gasteiger partial charge in [0.1, 0.15) is 0 Å². The molecule has 0 aliphatic heterocycles. The average Bonchev–Trinajstić information content (AvgIpc) is 2.40. The molecule has 5 nitrogen and oxygen atoms in total. The minimum atomic E-state index is -0.799. The molecule has 0 saturated carbocycles. The second kappa shape index (κ2) is 4.44. The molecule has 15 heavy (non-hydrogen) atoms. The van der Waals surface area contributed by atoms with Crippen molar-refractivity contribution >= 4 is 5.97 Å². The summed E-state index contributed by atoms with van der Waals surface area (Å²) in [5, 5.41) is 13.1. The van der Waals surface area contributed by atoms with Crippen LogP contribution in [0.15, 0.2) is 6.07 Å². The topological polar surface area (TPSA) is 58.4 Å². The summed E-state index contributed by atoms with van der Waals surface area (Å²) in [6.07, 6.45) is 0.0893. The van der Waals surface area contributed by atoms with E-state index >= 15 is 0 Å². The number of carbonyl (C=O) groups is 1. The smallest absolute Gasteiger partial charge is 0.305 e. The van der Waals surface area contributed by atoms with Crippen molar-refractivity contribution < 1.29 is 9.90 Å². The molecule has 1 heterocycles. The van der Waals surface area contributed by atoms with Crippen LogP contribution in [-0.2, 0) is 11.8 Å². The predicted molar refractivity (Wildman–Crippen MR) is 56.6 cm³/mol. The molecule has 0 bridgehead atoms. The van der Waals surface area contributed by atoms with Crippen LogP contribution in [0.5, 0.6) is 0 Å². The summed E-state index contributed by atoms with van der Waals surface area (Å²) in [6, 6.07) is 1.79. The summed E-state index contributed by atoms with van der Waals surface area (Å²) in [6.45, 7) is 1.90. The lowest BCUT2D eigenvalue weighted by atomic mass is 10.1. The van der Waals surface area contributed by atoms with Crippen molar-refractivity contribution in [3.63, 3.8) is 0 Å². The molecule has 0 fully saturated rings. The highest BCUT2D eigenvalue weighted by Crippen LogP contribution is 2.21. The molecule has 0 aromatic carbocycles. The van der Waals surface area contributed by atoms with Gasteiger partial charge in [-0.25, -0.2) is 0 Å². The Morgan fingerprint density at radius 2 is 2.27 bits per heavy atom. The summed E-state index contributed by atoms with van der Waals surface area (Å²) >= 11 is 0. The number of nitrogens with zero attached hydrogens (tertiary/aromatic N) is 3. The first-order chi connectivity index (χ1) is 6.91. The SMILES string of the molecule is Cc1cc(C(CC(=O)O)N(C)C)n(C)n1. The third-order valence-electron chi connectivity index (χ3n) is 2.37. The van der Waals surface area contributed by atoms with Crippen LogP contribution in [0, 0.1) is 6.92 Å². The molecule has 1 rings (SSSR count). The number of rotatable bonds is 4. The van der Waals surface area contributed by atoms with Crippen LogP contribution in [0.25, 0.3) is 0 Å². The van der Waals surface area contributed by atoms with Crippen LogP contribution < -0.4 is 0 Å². The van der Waals surface area contributed by atoms with Crippen molar-refractivity contribution in [2.75, 3.05) is 14.1 Å². The van der Waals surface area contributed by atoms with Crippen LogP contribution in [0.3, 0.4) is 0 Å². The maximum absolute atomic E-state index is 10.7. The number of aliphatic carboxylic acids is 1. The zero-order chi connectivity index (χ0) is 11.6. The summed E-state index contributed by atoms with van der Waals surface area (Å²) in [7, 11) is 5.58. The van der Waals surface area contributed by atoms with Crippen molar-refractivity contribution in [1.29, 1.82) is 0 Å². The van der Waals surface area contributed by atoms with E-state index < -0.39 is 5.97 Å².